The van der Waals surface area contributed by atoms with Crippen molar-refractivity contribution >= 4 is 5.91 Å². The maximum absolute atomic E-state index is 12.7. The van der Waals surface area contributed by atoms with Gasteiger partial charge in [0.15, 0.2) is 0 Å². The van der Waals surface area contributed by atoms with Gasteiger partial charge < -0.3 is 10.4 Å². The van der Waals surface area contributed by atoms with E-state index in [1.807, 2.05) is 0 Å². The number of azide groups is 1. The molecule has 0 spiro atoms. The smallest absolute Gasteiger partial charge is 0.255 e. The van der Waals surface area contributed by atoms with E-state index in [0.29, 0.717) is 13.0 Å². The first kappa shape index (κ1) is 12.8. The minimum absolute atomic E-state index is 0.00943. The van der Waals surface area contributed by atoms with Crippen LogP contribution in [0.5, 0.6) is 5.75 Å². The highest BCUT2D eigenvalue weighted by Gasteiger charge is 2.10. The average molecular weight is 238 g/mol. The number of halogens is 1. The number of phenolic OH excluding ortho intramolecular Hbond substituents is 1. The molecule has 0 aromatic heterocycles. The molecule has 0 bridgehead atoms. The molecule has 1 aromatic carbocycles. The molecule has 1 rings (SSSR count). The predicted molar refractivity (Wildman–Crippen MR) is 59.0 cm³/mol. The number of hydrogen-bond acceptors (Lipinski definition) is 3. The van der Waals surface area contributed by atoms with Crippen molar-refractivity contribution in [1.82, 2.24) is 5.32 Å². The van der Waals surface area contributed by atoms with Crippen molar-refractivity contribution < 1.29 is 14.3 Å². The van der Waals surface area contributed by atoms with E-state index in [0.717, 1.165) is 12.1 Å². The van der Waals surface area contributed by atoms with Gasteiger partial charge in [-0.05, 0) is 24.1 Å². The summed E-state index contributed by atoms with van der Waals surface area (Å²) in [6.07, 6.45) is 0.498. The number of aromatic hydroxyl groups is 1. The Morgan fingerprint density at radius 2 is 2.35 bits per heavy atom. The maximum Gasteiger partial charge on any atom is 0.255 e. The number of phenols is 1. The molecule has 6 nitrogen and oxygen atoms in total. The van der Waals surface area contributed by atoms with Gasteiger partial charge in [-0.25, -0.2) is 4.39 Å². The van der Waals surface area contributed by atoms with Crippen molar-refractivity contribution in [2.24, 2.45) is 5.11 Å². The largest absolute Gasteiger partial charge is 0.507 e. The molecular formula is C10H11FN4O2. The van der Waals surface area contributed by atoms with Gasteiger partial charge in [0.05, 0.1) is 5.56 Å². The Kier molecular flexibility index (Phi) is 4.77. The van der Waals surface area contributed by atoms with Crippen molar-refractivity contribution in [1.29, 1.82) is 0 Å². The fourth-order valence-electron chi connectivity index (χ4n) is 1.19. The van der Waals surface area contributed by atoms with Gasteiger partial charge in [0.1, 0.15) is 11.6 Å². The molecule has 0 unspecified atom stereocenters. The first-order valence-corrected chi connectivity index (χ1v) is 4.92. The maximum atomic E-state index is 12.7. The van der Waals surface area contributed by atoms with Crippen molar-refractivity contribution in [2.75, 3.05) is 13.1 Å². The number of amides is 1. The number of rotatable bonds is 5. The average Bonchev–Trinajstić information content (AvgIpc) is 2.28. The zero-order valence-electron chi connectivity index (χ0n) is 8.93. The fourth-order valence-corrected chi connectivity index (χ4v) is 1.19. The molecule has 0 fully saturated rings. The zero-order chi connectivity index (χ0) is 12.7. The Morgan fingerprint density at radius 1 is 1.59 bits per heavy atom. The quantitative estimate of drug-likeness (QED) is 0.354. The van der Waals surface area contributed by atoms with Crippen LogP contribution in [0.3, 0.4) is 0 Å². The van der Waals surface area contributed by atoms with E-state index in [-0.39, 0.29) is 12.1 Å². The molecule has 90 valence electrons. The van der Waals surface area contributed by atoms with Crippen molar-refractivity contribution in [3.63, 3.8) is 0 Å². The van der Waals surface area contributed by atoms with Gasteiger partial charge in [-0.1, -0.05) is 5.11 Å². The topological polar surface area (TPSA) is 98.1 Å². The van der Waals surface area contributed by atoms with Crippen LogP contribution in [0.2, 0.25) is 0 Å². The van der Waals surface area contributed by atoms with Crippen LogP contribution < -0.4 is 5.32 Å². The molecule has 0 atom stereocenters. The van der Waals surface area contributed by atoms with E-state index < -0.39 is 17.5 Å². The molecule has 0 heterocycles. The van der Waals surface area contributed by atoms with Crippen molar-refractivity contribution in [3.8, 4) is 5.75 Å². The van der Waals surface area contributed by atoms with Gasteiger partial charge >= 0.3 is 0 Å². The molecule has 17 heavy (non-hydrogen) atoms. The molecule has 0 saturated carbocycles. The minimum atomic E-state index is -0.609. The van der Waals surface area contributed by atoms with Gasteiger partial charge in [0.25, 0.3) is 5.91 Å². The molecule has 0 aliphatic carbocycles. The van der Waals surface area contributed by atoms with Crippen LogP contribution in [-0.2, 0) is 0 Å². The SMILES string of the molecule is [N-]=[N+]=NCCCNC(=O)c1ccc(F)cc1O. The molecule has 7 heteroatoms. The number of benzene rings is 1. The van der Waals surface area contributed by atoms with Gasteiger partial charge in [-0.2, -0.15) is 0 Å². The summed E-state index contributed by atoms with van der Waals surface area (Å²) in [4.78, 5) is 14.1. The summed E-state index contributed by atoms with van der Waals surface area (Å²) in [6, 6.07) is 3.16. The normalized spacial score (nSPS) is 9.47. The summed E-state index contributed by atoms with van der Waals surface area (Å²) in [5, 5.41) is 15.1. The second kappa shape index (κ2) is 6.34. The second-order valence-electron chi connectivity index (χ2n) is 3.23. The van der Waals surface area contributed by atoms with Crippen LogP contribution in [0, 0.1) is 5.82 Å². The number of nitrogens with zero attached hydrogens (tertiary/aromatic N) is 3. The highest BCUT2D eigenvalue weighted by Crippen LogP contribution is 2.17. The Morgan fingerprint density at radius 3 is 3.00 bits per heavy atom. The van der Waals surface area contributed by atoms with Crippen molar-refractivity contribution in [3.05, 3.63) is 40.0 Å². The summed E-state index contributed by atoms with van der Waals surface area (Å²) in [7, 11) is 0. The summed E-state index contributed by atoms with van der Waals surface area (Å²) in [6.45, 7) is 0.598. The zero-order valence-corrected chi connectivity index (χ0v) is 8.93. The van der Waals surface area contributed by atoms with E-state index in [4.69, 9.17) is 5.53 Å². The highest BCUT2D eigenvalue weighted by atomic mass is 19.1. The Labute approximate surface area is 96.7 Å². The first-order chi connectivity index (χ1) is 8.15. The first-order valence-electron chi connectivity index (χ1n) is 4.92. The van der Waals surface area contributed by atoms with E-state index in [1.165, 1.54) is 6.07 Å². The van der Waals surface area contributed by atoms with Crippen LogP contribution in [0.25, 0.3) is 10.4 Å². The number of nitrogens with one attached hydrogen (secondary N) is 1. The molecule has 0 aliphatic heterocycles. The Bertz CT molecular complexity index is 458. The highest BCUT2D eigenvalue weighted by molar-refractivity contribution is 5.96. The fraction of sp³-hybridized carbons (Fsp3) is 0.300. The molecule has 2 N–H and O–H groups in total. The number of carbonyl (C=O) groups is 1. The lowest BCUT2D eigenvalue weighted by Crippen LogP contribution is -2.24. The van der Waals surface area contributed by atoms with Crippen LogP contribution in [0.1, 0.15) is 16.8 Å². The molecule has 0 radical (unpaired) electrons. The number of carbonyl (C=O) groups excluding carboxylic acids is 1. The van der Waals surface area contributed by atoms with E-state index in [1.54, 1.807) is 0 Å². The minimum Gasteiger partial charge on any atom is -0.507 e. The standard InChI is InChI=1S/C10H11FN4O2/c11-7-2-3-8(9(16)6-7)10(17)13-4-1-5-14-15-12/h2-3,6,16H,1,4-5H2,(H,13,17). The molecule has 0 aliphatic rings. The second-order valence-corrected chi connectivity index (χ2v) is 3.23. The molecular weight excluding hydrogens is 227 g/mol. The lowest BCUT2D eigenvalue weighted by Gasteiger charge is -2.05. The van der Waals surface area contributed by atoms with E-state index in [2.05, 4.69) is 15.3 Å². The Balaban J connectivity index is 2.49. The third-order valence-corrected chi connectivity index (χ3v) is 1.99. The van der Waals surface area contributed by atoms with Crippen LogP contribution in [0.15, 0.2) is 23.3 Å². The van der Waals surface area contributed by atoms with Gasteiger partial charge in [0, 0.05) is 24.1 Å². The third kappa shape index (κ3) is 4.00. The summed E-state index contributed by atoms with van der Waals surface area (Å²) >= 11 is 0. The summed E-state index contributed by atoms with van der Waals surface area (Å²) in [5.41, 5.74) is 8.03. The van der Waals surface area contributed by atoms with Crippen LogP contribution in [-0.4, -0.2) is 24.1 Å². The monoisotopic (exact) mass is 238 g/mol. The van der Waals surface area contributed by atoms with Crippen molar-refractivity contribution in [2.45, 2.75) is 6.42 Å². The number of hydrogen-bond donors (Lipinski definition) is 2. The summed E-state index contributed by atoms with van der Waals surface area (Å²) < 4.78 is 12.7. The summed E-state index contributed by atoms with van der Waals surface area (Å²) in [5.74, 6) is -1.51. The van der Waals surface area contributed by atoms with Gasteiger partial charge in [-0.15, -0.1) is 0 Å². The molecule has 0 saturated heterocycles. The van der Waals surface area contributed by atoms with Gasteiger partial charge in [0.2, 0.25) is 0 Å². The van der Waals surface area contributed by atoms with Crippen LogP contribution >= 0.6 is 0 Å². The predicted octanol–water partition coefficient (Wildman–Crippen LogP) is 1.96. The molecule has 1 amide bonds. The van der Waals surface area contributed by atoms with Gasteiger partial charge in [-0.3, -0.25) is 4.79 Å². The van der Waals surface area contributed by atoms with E-state index in [9.17, 15) is 14.3 Å². The lowest BCUT2D eigenvalue weighted by molar-refractivity contribution is 0.0951. The lowest BCUT2D eigenvalue weighted by atomic mass is 10.2. The molecule has 1 aromatic rings. The van der Waals surface area contributed by atoms with E-state index >= 15 is 0 Å². The Hall–Kier alpha value is -2.27. The van der Waals surface area contributed by atoms with Crippen LogP contribution in [0.4, 0.5) is 4.39 Å². The third-order valence-electron chi connectivity index (χ3n) is 1.99.